The van der Waals surface area contributed by atoms with Crippen LogP contribution in [0.25, 0.3) is 11.0 Å². The van der Waals surface area contributed by atoms with Crippen molar-refractivity contribution in [2.75, 3.05) is 24.9 Å². The Kier molecular flexibility index (Phi) is 3.66. The van der Waals surface area contributed by atoms with Crippen LogP contribution in [0.2, 0.25) is 0 Å². The molecule has 104 valence electrons. The van der Waals surface area contributed by atoms with Crippen molar-refractivity contribution < 1.29 is 13.2 Å². The minimum atomic E-state index is -2.96. The molecule has 0 aliphatic heterocycles. The van der Waals surface area contributed by atoms with Gasteiger partial charge in [0.2, 0.25) is 5.95 Å². The van der Waals surface area contributed by atoms with Crippen LogP contribution in [0.4, 0.5) is 5.95 Å². The molecular weight excluding hydrogens is 266 g/mol. The largest absolute Gasteiger partial charge is 0.497 e. The number of sulfone groups is 1. The number of methoxy groups -OCH3 is 1. The minimum Gasteiger partial charge on any atom is -0.497 e. The van der Waals surface area contributed by atoms with E-state index in [1.807, 2.05) is 22.8 Å². The number of hydrogen-bond acceptors (Lipinski definition) is 5. The van der Waals surface area contributed by atoms with Gasteiger partial charge in [-0.05, 0) is 18.6 Å². The van der Waals surface area contributed by atoms with Crippen LogP contribution >= 0.6 is 0 Å². The first-order valence-corrected chi connectivity index (χ1v) is 7.94. The van der Waals surface area contributed by atoms with E-state index in [1.54, 1.807) is 7.11 Å². The van der Waals surface area contributed by atoms with Gasteiger partial charge in [-0.3, -0.25) is 0 Å². The third kappa shape index (κ3) is 3.17. The maximum absolute atomic E-state index is 11.1. The maximum Gasteiger partial charge on any atom is 0.201 e. The lowest BCUT2D eigenvalue weighted by atomic mass is 10.3. The zero-order valence-electron chi connectivity index (χ0n) is 11.0. The van der Waals surface area contributed by atoms with Crippen LogP contribution in [0.3, 0.4) is 0 Å². The van der Waals surface area contributed by atoms with E-state index in [9.17, 15) is 8.42 Å². The number of nitrogen functional groups attached to an aromatic ring is 1. The van der Waals surface area contributed by atoms with Gasteiger partial charge in [0, 0.05) is 18.9 Å². The Morgan fingerprint density at radius 1 is 1.42 bits per heavy atom. The van der Waals surface area contributed by atoms with Crippen LogP contribution in [0.15, 0.2) is 18.2 Å². The van der Waals surface area contributed by atoms with Gasteiger partial charge in [-0.15, -0.1) is 0 Å². The Balaban J connectivity index is 2.28. The lowest BCUT2D eigenvalue weighted by Crippen LogP contribution is -2.09. The highest BCUT2D eigenvalue weighted by Gasteiger charge is 2.10. The molecule has 0 atom stereocenters. The van der Waals surface area contributed by atoms with Gasteiger partial charge in [-0.2, -0.15) is 0 Å². The number of imidazole rings is 1. The molecule has 1 aromatic heterocycles. The number of ether oxygens (including phenoxy) is 1. The highest BCUT2D eigenvalue weighted by Crippen LogP contribution is 2.23. The summed E-state index contributed by atoms with van der Waals surface area (Å²) < 4.78 is 29.2. The molecule has 0 spiro atoms. The van der Waals surface area contributed by atoms with Crippen LogP contribution in [0.5, 0.6) is 5.75 Å². The molecule has 7 heteroatoms. The molecule has 0 fully saturated rings. The molecule has 19 heavy (non-hydrogen) atoms. The number of hydrogen-bond donors (Lipinski definition) is 1. The summed E-state index contributed by atoms with van der Waals surface area (Å²) in [4.78, 5) is 4.24. The summed E-state index contributed by atoms with van der Waals surface area (Å²) in [6.07, 6.45) is 1.73. The van der Waals surface area contributed by atoms with Crippen molar-refractivity contribution in [3.05, 3.63) is 18.2 Å². The summed E-state index contributed by atoms with van der Waals surface area (Å²) in [6, 6.07) is 5.49. The molecule has 0 unspecified atom stereocenters. The van der Waals surface area contributed by atoms with Crippen molar-refractivity contribution in [1.82, 2.24) is 9.55 Å². The third-order valence-electron chi connectivity index (χ3n) is 2.88. The number of aromatic nitrogens is 2. The standard InChI is InChI=1S/C12H17N3O3S/c1-18-9-4-5-10-11(8-9)15(12(13)14-10)6-3-7-19(2,16)17/h4-5,8H,3,6-7H2,1-2H3,(H2,13,14). The van der Waals surface area contributed by atoms with E-state index in [-0.39, 0.29) is 5.75 Å². The van der Waals surface area contributed by atoms with Crippen molar-refractivity contribution in [3.8, 4) is 5.75 Å². The van der Waals surface area contributed by atoms with Crippen molar-refractivity contribution in [2.45, 2.75) is 13.0 Å². The second kappa shape index (κ2) is 5.08. The van der Waals surface area contributed by atoms with E-state index in [0.29, 0.717) is 18.9 Å². The highest BCUT2D eigenvalue weighted by atomic mass is 32.2. The van der Waals surface area contributed by atoms with Crippen LogP contribution in [-0.4, -0.2) is 37.1 Å². The van der Waals surface area contributed by atoms with E-state index in [2.05, 4.69) is 4.98 Å². The molecule has 1 aromatic carbocycles. The fourth-order valence-electron chi connectivity index (χ4n) is 1.97. The fraction of sp³-hybridized carbons (Fsp3) is 0.417. The average molecular weight is 283 g/mol. The van der Waals surface area contributed by atoms with Gasteiger partial charge in [0.05, 0.1) is 23.9 Å². The van der Waals surface area contributed by atoms with Crippen LogP contribution in [-0.2, 0) is 16.4 Å². The molecule has 0 aliphatic rings. The fourth-order valence-corrected chi connectivity index (χ4v) is 2.62. The molecule has 0 saturated carbocycles. The molecule has 2 N–H and O–H groups in total. The van der Waals surface area contributed by atoms with Gasteiger partial charge in [-0.1, -0.05) is 0 Å². The summed E-state index contributed by atoms with van der Waals surface area (Å²) in [5.41, 5.74) is 7.48. The van der Waals surface area contributed by atoms with Crippen molar-refractivity contribution in [3.63, 3.8) is 0 Å². The SMILES string of the molecule is COc1ccc2nc(N)n(CCCS(C)(=O)=O)c2c1. The summed E-state index contributed by atoms with van der Waals surface area (Å²) in [7, 11) is -1.36. The van der Waals surface area contributed by atoms with Crippen LogP contribution in [0.1, 0.15) is 6.42 Å². The Bertz CT molecular complexity index is 692. The first-order chi connectivity index (χ1) is 8.90. The summed E-state index contributed by atoms with van der Waals surface area (Å²) >= 11 is 0. The molecule has 0 aliphatic carbocycles. The van der Waals surface area contributed by atoms with Gasteiger partial charge in [0.1, 0.15) is 15.6 Å². The first kappa shape index (κ1) is 13.7. The second-order valence-electron chi connectivity index (χ2n) is 4.46. The summed E-state index contributed by atoms with van der Waals surface area (Å²) in [5.74, 6) is 1.24. The Morgan fingerprint density at radius 3 is 2.79 bits per heavy atom. The van der Waals surface area contributed by atoms with Crippen LogP contribution in [0, 0.1) is 0 Å². The van der Waals surface area contributed by atoms with Gasteiger partial charge in [0.25, 0.3) is 0 Å². The second-order valence-corrected chi connectivity index (χ2v) is 6.72. The predicted octanol–water partition coefficient (Wildman–Crippen LogP) is 1.06. The summed E-state index contributed by atoms with van der Waals surface area (Å²) in [6.45, 7) is 0.516. The molecular formula is C12H17N3O3S. The smallest absolute Gasteiger partial charge is 0.201 e. The predicted molar refractivity (Wildman–Crippen MR) is 75.0 cm³/mol. The van der Waals surface area contributed by atoms with Crippen LogP contribution < -0.4 is 10.5 Å². The lowest BCUT2D eigenvalue weighted by molar-refractivity contribution is 0.415. The number of nitrogens with zero attached hydrogens (tertiary/aromatic N) is 2. The molecule has 1 heterocycles. The van der Waals surface area contributed by atoms with E-state index < -0.39 is 9.84 Å². The molecule has 0 radical (unpaired) electrons. The van der Waals surface area contributed by atoms with E-state index in [1.165, 1.54) is 6.26 Å². The molecule has 2 rings (SSSR count). The zero-order valence-corrected chi connectivity index (χ0v) is 11.8. The number of aryl methyl sites for hydroxylation is 1. The number of rotatable bonds is 5. The Morgan fingerprint density at radius 2 is 2.16 bits per heavy atom. The monoisotopic (exact) mass is 283 g/mol. The Labute approximate surface area is 112 Å². The summed E-state index contributed by atoms with van der Waals surface area (Å²) in [5, 5.41) is 0. The van der Waals surface area contributed by atoms with Gasteiger partial charge in [0.15, 0.2) is 0 Å². The lowest BCUT2D eigenvalue weighted by Gasteiger charge is -2.06. The molecule has 2 aromatic rings. The van der Waals surface area contributed by atoms with E-state index in [4.69, 9.17) is 10.5 Å². The minimum absolute atomic E-state index is 0.135. The number of anilines is 1. The first-order valence-electron chi connectivity index (χ1n) is 5.88. The maximum atomic E-state index is 11.1. The molecule has 0 saturated heterocycles. The van der Waals surface area contributed by atoms with E-state index >= 15 is 0 Å². The molecule has 6 nitrogen and oxygen atoms in total. The number of benzene rings is 1. The topological polar surface area (TPSA) is 87.2 Å². The average Bonchev–Trinajstić information content (AvgIpc) is 2.63. The van der Waals surface area contributed by atoms with Gasteiger partial charge in [-0.25, -0.2) is 13.4 Å². The number of nitrogens with two attached hydrogens (primary N) is 1. The van der Waals surface area contributed by atoms with Crippen molar-refractivity contribution >= 4 is 26.8 Å². The van der Waals surface area contributed by atoms with Crippen molar-refractivity contribution in [2.24, 2.45) is 0 Å². The Hall–Kier alpha value is -1.76. The highest BCUT2D eigenvalue weighted by molar-refractivity contribution is 7.90. The third-order valence-corrected chi connectivity index (χ3v) is 3.91. The molecule has 0 bridgehead atoms. The number of fused-ring (bicyclic) bond motifs is 1. The normalized spacial score (nSPS) is 11.9. The van der Waals surface area contributed by atoms with Gasteiger partial charge >= 0.3 is 0 Å². The molecule has 0 amide bonds. The quantitative estimate of drug-likeness (QED) is 0.886. The van der Waals surface area contributed by atoms with Crippen molar-refractivity contribution in [1.29, 1.82) is 0 Å². The van der Waals surface area contributed by atoms with Gasteiger partial charge < -0.3 is 15.0 Å². The zero-order chi connectivity index (χ0) is 14.0. The van der Waals surface area contributed by atoms with E-state index in [0.717, 1.165) is 16.8 Å².